The van der Waals surface area contributed by atoms with E-state index in [0.29, 0.717) is 5.92 Å². The summed E-state index contributed by atoms with van der Waals surface area (Å²) in [7, 11) is 0. The van der Waals surface area contributed by atoms with Crippen LogP contribution in [0.5, 0.6) is 0 Å². The standard InChI is InChI=1S/C26H33N3O/c1-18(2)21-15-13-20(14-16-21)17-29-24-12-8-7-11-23(24)28-25(29)19(3)27-26(30)22-9-5-4-6-10-22/h7-8,11-16,18-19,22H,4-6,9-10,17H2,1-3H3,(H,27,30). The highest BCUT2D eigenvalue weighted by atomic mass is 16.1. The number of rotatable bonds is 6. The molecule has 1 unspecified atom stereocenters. The molecule has 1 atom stereocenters. The highest BCUT2D eigenvalue weighted by Gasteiger charge is 2.25. The van der Waals surface area contributed by atoms with Gasteiger partial charge in [-0.1, -0.05) is 69.5 Å². The molecule has 1 saturated carbocycles. The van der Waals surface area contributed by atoms with Crippen molar-refractivity contribution in [2.45, 2.75) is 71.4 Å². The first-order chi connectivity index (χ1) is 14.5. The molecule has 0 aliphatic heterocycles. The fraction of sp³-hybridized carbons (Fsp3) is 0.462. The maximum absolute atomic E-state index is 12.8. The molecule has 1 aliphatic rings. The maximum atomic E-state index is 12.8. The number of para-hydroxylation sites is 2. The number of fused-ring (bicyclic) bond motifs is 1. The minimum Gasteiger partial charge on any atom is -0.346 e. The summed E-state index contributed by atoms with van der Waals surface area (Å²) in [5, 5.41) is 3.25. The number of benzene rings is 2. The van der Waals surface area contributed by atoms with Crippen LogP contribution in [0.3, 0.4) is 0 Å². The Hall–Kier alpha value is -2.62. The van der Waals surface area contributed by atoms with Gasteiger partial charge in [0.1, 0.15) is 5.82 Å². The molecular weight excluding hydrogens is 370 g/mol. The molecule has 3 aromatic rings. The van der Waals surface area contributed by atoms with Gasteiger partial charge in [0.05, 0.1) is 17.1 Å². The van der Waals surface area contributed by atoms with E-state index >= 15 is 0 Å². The van der Waals surface area contributed by atoms with Crippen molar-refractivity contribution in [1.29, 1.82) is 0 Å². The first kappa shape index (κ1) is 20.6. The summed E-state index contributed by atoms with van der Waals surface area (Å²) in [6.07, 6.45) is 5.60. The van der Waals surface area contributed by atoms with E-state index < -0.39 is 0 Å². The number of aromatic nitrogens is 2. The lowest BCUT2D eigenvalue weighted by atomic mass is 9.88. The molecule has 0 radical (unpaired) electrons. The van der Waals surface area contributed by atoms with Gasteiger partial charge in [0.15, 0.2) is 0 Å². The lowest BCUT2D eigenvalue weighted by molar-refractivity contribution is -0.126. The minimum atomic E-state index is -0.123. The van der Waals surface area contributed by atoms with Crippen molar-refractivity contribution >= 4 is 16.9 Å². The average Bonchev–Trinajstić information content (AvgIpc) is 3.13. The fourth-order valence-corrected chi connectivity index (χ4v) is 4.54. The van der Waals surface area contributed by atoms with Gasteiger partial charge in [-0.3, -0.25) is 4.79 Å². The largest absolute Gasteiger partial charge is 0.346 e. The van der Waals surface area contributed by atoms with Gasteiger partial charge in [-0.2, -0.15) is 0 Å². The third kappa shape index (κ3) is 4.43. The molecule has 0 saturated heterocycles. The van der Waals surface area contributed by atoms with Gasteiger partial charge in [-0.25, -0.2) is 4.98 Å². The van der Waals surface area contributed by atoms with Gasteiger partial charge in [0.2, 0.25) is 5.91 Å². The Morgan fingerprint density at radius 1 is 1.03 bits per heavy atom. The molecule has 1 amide bonds. The molecule has 4 heteroatoms. The number of carbonyl (C=O) groups is 1. The third-order valence-corrected chi connectivity index (χ3v) is 6.39. The van der Waals surface area contributed by atoms with Gasteiger partial charge in [0, 0.05) is 12.5 Å². The molecule has 4 nitrogen and oxygen atoms in total. The van der Waals surface area contributed by atoms with Crippen molar-refractivity contribution in [3.8, 4) is 0 Å². The number of nitrogens with zero attached hydrogens (tertiary/aromatic N) is 2. The first-order valence-electron chi connectivity index (χ1n) is 11.4. The molecule has 1 N–H and O–H groups in total. The number of hydrogen-bond acceptors (Lipinski definition) is 2. The topological polar surface area (TPSA) is 46.9 Å². The number of nitrogens with one attached hydrogen (secondary N) is 1. The van der Waals surface area contributed by atoms with Gasteiger partial charge < -0.3 is 9.88 Å². The highest BCUT2D eigenvalue weighted by Crippen LogP contribution is 2.26. The molecule has 1 fully saturated rings. The highest BCUT2D eigenvalue weighted by molar-refractivity contribution is 5.80. The van der Waals surface area contributed by atoms with E-state index in [1.54, 1.807) is 0 Å². The summed E-state index contributed by atoms with van der Waals surface area (Å²) in [4.78, 5) is 17.7. The molecule has 1 heterocycles. The monoisotopic (exact) mass is 403 g/mol. The number of imidazole rings is 1. The Bertz CT molecular complexity index is 997. The molecular formula is C26H33N3O. The molecule has 0 bridgehead atoms. The van der Waals surface area contributed by atoms with Crippen LogP contribution in [0.2, 0.25) is 0 Å². The van der Waals surface area contributed by atoms with E-state index in [9.17, 15) is 4.79 Å². The van der Waals surface area contributed by atoms with Crippen LogP contribution in [0, 0.1) is 5.92 Å². The SMILES string of the molecule is CC(C)c1ccc(Cn2c(C(C)NC(=O)C3CCCCC3)nc3ccccc32)cc1. The smallest absolute Gasteiger partial charge is 0.223 e. The predicted octanol–water partition coefficient (Wildman–Crippen LogP) is 5.97. The van der Waals surface area contributed by atoms with Crippen molar-refractivity contribution < 1.29 is 4.79 Å². The number of carbonyl (C=O) groups excluding carboxylic acids is 1. The Morgan fingerprint density at radius 2 is 1.73 bits per heavy atom. The van der Waals surface area contributed by atoms with Gasteiger partial charge in [0.25, 0.3) is 0 Å². The second-order valence-electron chi connectivity index (χ2n) is 9.01. The van der Waals surface area contributed by atoms with Crippen molar-refractivity contribution in [1.82, 2.24) is 14.9 Å². The lowest BCUT2D eigenvalue weighted by Gasteiger charge is -2.23. The Morgan fingerprint density at radius 3 is 2.43 bits per heavy atom. The summed E-state index contributed by atoms with van der Waals surface area (Å²) >= 11 is 0. The van der Waals surface area contributed by atoms with E-state index in [4.69, 9.17) is 4.98 Å². The van der Waals surface area contributed by atoms with E-state index in [0.717, 1.165) is 49.1 Å². The van der Waals surface area contributed by atoms with Gasteiger partial charge in [-0.05, 0) is 48.9 Å². The van der Waals surface area contributed by atoms with Crippen LogP contribution in [-0.4, -0.2) is 15.5 Å². The molecule has 0 spiro atoms. The summed E-state index contributed by atoms with van der Waals surface area (Å²) in [6.45, 7) is 7.23. The van der Waals surface area contributed by atoms with Gasteiger partial charge in [-0.15, -0.1) is 0 Å². The zero-order valence-electron chi connectivity index (χ0n) is 18.4. The molecule has 30 heavy (non-hydrogen) atoms. The lowest BCUT2D eigenvalue weighted by Crippen LogP contribution is -2.35. The molecule has 158 valence electrons. The van der Waals surface area contributed by atoms with Crippen LogP contribution in [0.15, 0.2) is 48.5 Å². The van der Waals surface area contributed by atoms with Gasteiger partial charge >= 0.3 is 0 Å². The number of amides is 1. The normalized spacial score (nSPS) is 16.1. The van der Waals surface area contributed by atoms with E-state index in [2.05, 4.69) is 67.1 Å². The second-order valence-corrected chi connectivity index (χ2v) is 9.01. The molecule has 2 aromatic carbocycles. The summed E-state index contributed by atoms with van der Waals surface area (Å²) < 4.78 is 2.26. The van der Waals surface area contributed by atoms with E-state index in [1.807, 2.05) is 12.1 Å². The van der Waals surface area contributed by atoms with Crippen molar-refractivity contribution in [2.75, 3.05) is 0 Å². The second kappa shape index (κ2) is 9.03. The Kier molecular flexibility index (Phi) is 6.21. The summed E-state index contributed by atoms with van der Waals surface area (Å²) in [6, 6.07) is 17.0. The van der Waals surface area contributed by atoms with Crippen LogP contribution in [-0.2, 0) is 11.3 Å². The average molecular weight is 404 g/mol. The molecule has 1 aliphatic carbocycles. The zero-order valence-corrected chi connectivity index (χ0v) is 18.4. The molecule has 4 rings (SSSR count). The van der Waals surface area contributed by atoms with Crippen molar-refractivity contribution in [2.24, 2.45) is 5.92 Å². The van der Waals surface area contributed by atoms with E-state index in [1.165, 1.54) is 17.5 Å². The van der Waals surface area contributed by atoms with Crippen LogP contribution in [0.1, 0.15) is 81.8 Å². The third-order valence-electron chi connectivity index (χ3n) is 6.39. The summed E-state index contributed by atoms with van der Waals surface area (Å²) in [5.74, 6) is 1.79. The summed E-state index contributed by atoms with van der Waals surface area (Å²) in [5.41, 5.74) is 4.68. The number of hydrogen-bond donors (Lipinski definition) is 1. The van der Waals surface area contributed by atoms with Crippen LogP contribution < -0.4 is 5.32 Å². The maximum Gasteiger partial charge on any atom is 0.223 e. The minimum absolute atomic E-state index is 0.123. The Balaban J connectivity index is 1.60. The van der Waals surface area contributed by atoms with Crippen molar-refractivity contribution in [3.63, 3.8) is 0 Å². The van der Waals surface area contributed by atoms with Crippen molar-refractivity contribution in [3.05, 3.63) is 65.5 Å². The fourth-order valence-electron chi connectivity index (χ4n) is 4.54. The van der Waals surface area contributed by atoms with Crippen LogP contribution >= 0.6 is 0 Å². The quantitative estimate of drug-likeness (QED) is 0.551. The van der Waals surface area contributed by atoms with Crippen LogP contribution in [0.25, 0.3) is 11.0 Å². The van der Waals surface area contributed by atoms with Crippen LogP contribution in [0.4, 0.5) is 0 Å². The van der Waals surface area contributed by atoms with E-state index in [-0.39, 0.29) is 17.9 Å². The zero-order chi connectivity index (χ0) is 21.1. The Labute approximate surface area is 179 Å². The molecule has 1 aromatic heterocycles. The first-order valence-corrected chi connectivity index (χ1v) is 11.4. The predicted molar refractivity (Wildman–Crippen MR) is 122 cm³/mol.